The Morgan fingerprint density at radius 3 is 2.16 bits per heavy atom. The van der Waals surface area contributed by atoms with Crippen molar-refractivity contribution in [1.29, 1.82) is 0 Å². The number of aryl methyl sites for hydroxylation is 1. The molecule has 0 radical (unpaired) electrons. The van der Waals surface area contributed by atoms with Crippen LogP contribution in [0.4, 0.5) is 11.4 Å². The number of carbonyl (C=O) groups excluding carboxylic acids is 1. The van der Waals surface area contributed by atoms with Crippen molar-refractivity contribution in [2.24, 2.45) is 0 Å². The topological polar surface area (TPSA) is 60.9 Å². The number of sulfonamides is 1. The quantitative estimate of drug-likeness (QED) is 0.617. The number of hydrogen-bond donors (Lipinski definition) is 0. The van der Waals surface area contributed by atoms with Gasteiger partial charge in [0.05, 0.1) is 11.9 Å². The van der Waals surface area contributed by atoms with Gasteiger partial charge in [-0.05, 0) is 55.3 Å². The summed E-state index contributed by atoms with van der Waals surface area (Å²) in [7, 11) is -3.67. The SMILES string of the molecule is CCC(C(=O)N1CCN(c2cc(Cl)ccc2C)CC1)N(c1ccc(Cl)cc1)S(C)(=O)=O. The van der Waals surface area contributed by atoms with Crippen LogP contribution in [0, 0.1) is 6.92 Å². The number of nitrogens with zero attached hydrogens (tertiary/aromatic N) is 3. The van der Waals surface area contributed by atoms with Crippen molar-refractivity contribution in [2.75, 3.05) is 41.6 Å². The van der Waals surface area contributed by atoms with Crippen LogP contribution < -0.4 is 9.21 Å². The highest BCUT2D eigenvalue weighted by atomic mass is 35.5. The molecule has 168 valence electrons. The molecule has 1 unspecified atom stereocenters. The Balaban J connectivity index is 1.78. The molecule has 1 heterocycles. The van der Waals surface area contributed by atoms with E-state index in [4.69, 9.17) is 23.2 Å². The van der Waals surface area contributed by atoms with Gasteiger partial charge in [-0.15, -0.1) is 0 Å². The van der Waals surface area contributed by atoms with E-state index in [9.17, 15) is 13.2 Å². The molecule has 1 atom stereocenters. The Morgan fingerprint density at radius 1 is 1.03 bits per heavy atom. The molecule has 31 heavy (non-hydrogen) atoms. The first-order valence-electron chi connectivity index (χ1n) is 10.2. The van der Waals surface area contributed by atoms with E-state index in [0.29, 0.717) is 48.3 Å². The summed E-state index contributed by atoms with van der Waals surface area (Å²) in [5.74, 6) is -0.189. The van der Waals surface area contributed by atoms with Gasteiger partial charge in [0.1, 0.15) is 6.04 Å². The van der Waals surface area contributed by atoms with Gasteiger partial charge in [-0.1, -0.05) is 36.2 Å². The number of carbonyl (C=O) groups is 1. The van der Waals surface area contributed by atoms with E-state index in [1.807, 2.05) is 32.0 Å². The minimum atomic E-state index is -3.67. The zero-order valence-electron chi connectivity index (χ0n) is 17.9. The van der Waals surface area contributed by atoms with Gasteiger partial charge in [0.2, 0.25) is 15.9 Å². The third-order valence-electron chi connectivity index (χ3n) is 5.50. The lowest BCUT2D eigenvalue weighted by molar-refractivity contribution is -0.132. The van der Waals surface area contributed by atoms with E-state index in [2.05, 4.69) is 4.90 Å². The van der Waals surface area contributed by atoms with E-state index < -0.39 is 16.1 Å². The Bertz CT molecular complexity index is 1040. The van der Waals surface area contributed by atoms with Crippen LogP contribution in [0.2, 0.25) is 10.0 Å². The summed E-state index contributed by atoms with van der Waals surface area (Å²) in [5.41, 5.74) is 2.62. The fourth-order valence-corrected chi connectivity index (χ4v) is 5.43. The first kappa shape index (κ1) is 23.7. The summed E-state index contributed by atoms with van der Waals surface area (Å²) in [6.45, 7) is 6.19. The molecule has 9 heteroatoms. The van der Waals surface area contributed by atoms with Crippen LogP contribution in [0.25, 0.3) is 0 Å². The van der Waals surface area contributed by atoms with Crippen LogP contribution in [0.5, 0.6) is 0 Å². The molecular formula is C22H27Cl2N3O3S. The lowest BCUT2D eigenvalue weighted by Crippen LogP contribution is -2.56. The number of halogens is 2. The van der Waals surface area contributed by atoms with Crippen molar-refractivity contribution in [1.82, 2.24) is 4.90 Å². The Hall–Kier alpha value is -1.96. The summed E-state index contributed by atoms with van der Waals surface area (Å²) in [4.78, 5) is 17.3. The third kappa shape index (κ3) is 5.45. The first-order chi connectivity index (χ1) is 14.6. The van der Waals surface area contributed by atoms with E-state index in [0.717, 1.165) is 17.5 Å². The zero-order valence-corrected chi connectivity index (χ0v) is 20.2. The zero-order chi connectivity index (χ0) is 22.8. The maximum absolute atomic E-state index is 13.4. The number of benzene rings is 2. The van der Waals surface area contributed by atoms with Crippen molar-refractivity contribution in [3.8, 4) is 0 Å². The maximum atomic E-state index is 13.4. The Kier molecular flexibility index (Phi) is 7.39. The van der Waals surface area contributed by atoms with Crippen LogP contribution in [0.3, 0.4) is 0 Å². The van der Waals surface area contributed by atoms with Crippen LogP contribution in [-0.4, -0.2) is 57.7 Å². The molecule has 6 nitrogen and oxygen atoms in total. The molecular weight excluding hydrogens is 457 g/mol. The molecule has 1 fully saturated rings. The first-order valence-corrected chi connectivity index (χ1v) is 12.8. The van der Waals surface area contributed by atoms with Crippen LogP contribution in [-0.2, 0) is 14.8 Å². The largest absolute Gasteiger partial charge is 0.368 e. The van der Waals surface area contributed by atoms with Crippen LogP contribution in [0.15, 0.2) is 42.5 Å². The summed E-state index contributed by atoms with van der Waals surface area (Å²) in [6, 6.07) is 11.5. The average Bonchev–Trinajstić information content (AvgIpc) is 2.73. The van der Waals surface area contributed by atoms with Crippen LogP contribution >= 0.6 is 23.2 Å². The van der Waals surface area contributed by atoms with E-state index in [1.54, 1.807) is 29.2 Å². The molecule has 0 bridgehead atoms. The molecule has 0 aromatic heterocycles. The molecule has 1 amide bonds. The molecule has 3 rings (SSSR count). The standard InChI is InChI=1S/C22H27Cl2N3O3S/c1-4-20(27(31(3,29)30)19-9-7-17(23)8-10-19)22(28)26-13-11-25(12-14-26)21-15-18(24)6-5-16(21)2/h5-10,15,20H,4,11-14H2,1-3H3. The fraction of sp³-hybridized carbons (Fsp3) is 0.409. The summed E-state index contributed by atoms with van der Waals surface area (Å²) < 4.78 is 26.4. The van der Waals surface area contributed by atoms with Gasteiger partial charge in [-0.25, -0.2) is 8.42 Å². The lowest BCUT2D eigenvalue weighted by Gasteiger charge is -2.40. The lowest BCUT2D eigenvalue weighted by atomic mass is 10.1. The molecule has 0 saturated carbocycles. The monoisotopic (exact) mass is 483 g/mol. The van der Waals surface area contributed by atoms with Gasteiger partial charge < -0.3 is 9.80 Å². The maximum Gasteiger partial charge on any atom is 0.246 e. The molecule has 0 aliphatic carbocycles. The average molecular weight is 484 g/mol. The number of piperazine rings is 1. The van der Waals surface area contributed by atoms with Crippen molar-refractivity contribution in [3.05, 3.63) is 58.1 Å². The molecule has 0 spiro atoms. The van der Waals surface area contributed by atoms with Gasteiger partial charge in [0.15, 0.2) is 0 Å². The molecule has 1 aliphatic rings. The van der Waals surface area contributed by atoms with Gasteiger partial charge in [0, 0.05) is 41.9 Å². The molecule has 1 saturated heterocycles. The van der Waals surface area contributed by atoms with Gasteiger partial charge in [0.25, 0.3) is 0 Å². The van der Waals surface area contributed by atoms with E-state index in [1.165, 1.54) is 4.31 Å². The van der Waals surface area contributed by atoms with E-state index >= 15 is 0 Å². The highest BCUT2D eigenvalue weighted by molar-refractivity contribution is 7.92. The minimum absolute atomic E-state index is 0.189. The van der Waals surface area contributed by atoms with Crippen molar-refractivity contribution in [2.45, 2.75) is 26.3 Å². The highest BCUT2D eigenvalue weighted by Gasteiger charge is 2.35. The van der Waals surface area contributed by atoms with Crippen molar-refractivity contribution < 1.29 is 13.2 Å². The Morgan fingerprint density at radius 2 is 1.61 bits per heavy atom. The van der Waals surface area contributed by atoms with Gasteiger partial charge in [-0.2, -0.15) is 0 Å². The number of rotatable bonds is 6. The third-order valence-corrected chi connectivity index (χ3v) is 7.16. The second-order valence-corrected chi connectivity index (χ2v) is 10.4. The van der Waals surface area contributed by atoms with Gasteiger partial charge >= 0.3 is 0 Å². The molecule has 0 N–H and O–H groups in total. The summed E-state index contributed by atoms with van der Waals surface area (Å²) in [6.07, 6.45) is 1.49. The van der Waals surface area contributed by atoms with Crippen LogP contribution in [0.1, 0.15) is 18.9 Å². The van der Waals surface area contributed by atoms with Gasteiger partial charge in [-0.3, -0.25) is 9.10 Å². The minimum Gasteiger partial charge on any atom is -0.368 e. The predicted octanol–water partition coefficient (Wildman–Crippen LogP) is 4.20. The predicted molar refractivity (Wildman–Crippen MR) is 128 cm³/mol. The second-order valence-electron chi connectivity index (χ2n) is 7.70. The summed E-state index contributed by atoms with van der Waals surface area (Å²) >= 11 is 12.1. The fourth-order valence-electron chi connectivity index (χ4n) is 3.93. The van der Waals surface area contributed by atoms with E-state index in [-0.39, 0.29) is 5.91 Å². The van der Waals surface area contributed by atoms with Crippen molar-refractivity contribution in [3.63, 3.8) is 0 Å². The summed E-state index contributed by atoms with van der Waals surface area (Å²) in [5, 5.41) is 1.18. The number of amides is 1. The molecule has 2 aromatic carbocycles. The second kappa shape index (κ2) is 9.67. The smallest absolute Gasteiger partial charge is 0.246 e. The normalized spacial score (nSPS) is 15.6. The highest BCUT2D eigenvalue weighted by Crippen LogP contribution is 2.28. The number of anilines is 2. The number of hydrogen-bond acceptors (Lipinski definition) is 4. The molecule has 1 aliphatic heterocycles. The molecule has 2 aromatic rings. The Labute approximate surface area is 194 Å². The van der Waals surface area contributed by atoms with Crippen molar-refractivity contribution >= 4 is 50.5 Å².